The zero-order valence-electron chi connectivity index (χ0n) is 24.0. The molecule has 0 aromatic heterocycles. The number of ether oxygens (including phenoxy) is 1. The minimum Gasteiger partial charge on any atom is -0.495 e. The molecule has 0 radical (unpaired) electrons. The summed E-state index contributed by atoms with van der Waals surface area (Å²) in [6.45, 7) is 6.61. The average molecular weight is 655 g/mol. The molecule has 0 saturated carbocycles. The van der Waals surface area contributed by atoms with Gasteiger partial charge in [0, 0.05) is 17.1 Å². The fourth-order valence-electron chi connectivity index (χ4n) is 4.30. The van der Waals surface area contributed by atoms with E-state index >= 15 is 0 Å². The first kappa shape index (κ1) is 33.5. The maximum Gasteiger partial charge on any atom is 0.264 e. The average Bonchev–Trinajstić information content (AvgIpc) is 2.92. The minimum absolute atomic E-state index is 0.0301. The van der Waals surface area contributed by atoms with Crippen molar-refractivity contribution in [2.75, 3.05) is 18.0 Å². The summed E-state index contributed by atoms with van der Waals surface area (Å²) in [5, 5.41) is 3.79. The predicted molar refractivity (Wildman–Crippen MR) is 168 cm³/mol. The first-order chi connectivity index (χ1) is 19.7. The van der Waals surface area contributed by atoms with Gasteiger partial charge in [-0.1, -0.05) is 66.0 Å². The number of nitrogens with one attached hydrogen (secondary N) is 1. The van der Waals surface area contributed by atoms with E-state index in [4.69, 9.17) is 39.5 Å². The van der Waals surface area contributed by atoms with Gasteiger partial charge in [-0.2, -0.15) is 0 Å². The zero-order valence-corrected chi connectivity index (χ0v) is 27.1. The van der Waals surface area contributed by atoms with Crippen molar-refractivity contribution in [2.24, 2.45) is 0 Å². The lowest BCUT2D eigenvalue weighted by atomic mass is 10.1. The van der Waals surface area contributed by atoms with Crippen molar-refractivity contribution in [1.29, 1.82) is 0 Å². The lowest BCUT2D eigenvalue weighted by Gasteiger charge is -2.35. The van der Waals surface area contributed by atoms with E-state index in [9.17, 15) is 18.0 Å². The molecule has 12 heteroatoms. The summed E-state index contributed by atoms with van der Waals surface area (Å²) in [7, 11) is -2.90. The molecule has 0 fully saturated rings. The van der Waals surface area contributed by atoms with Crippen LogP contribution in [0.15, 0.2) is 71.6 Å². The van der Waals surface area contributed by atoms with Crippen molar-refractivity contribution >= 4 is 62.3 Å². The molecule has 226 valence electrons. The fourth-order valence-corrected chi connectivity index (χ4v) is 6.22. The van der Waals surface area contributed by atoms with E-state index in [1.165, 1.54) is 36.3 Å². The third-order valence-corrected chi connectivity index (χ3v) is 8.99. The van der Waals surface area contributed by atoms with Crippen molar-refractivity contribution in [3.63, 3.8) is 0 Å². The van der Waals surface area contributed by atoms with Gasteiger partial charge in [-0.15, -0.1) is 0 Å². The Morgan fingerprint density at radius 2 is 1.62 bits per heavy atom. The minimum atomic E-state index is -4.29. The smallest absolute Gasteiger partial charge is 0.264 e. The van der Waals surface area contributed by atoms with Crippen molar-refractivity contribution < 1.29 is 22.7 Å². The van der Waals surface area contributed by atoms with Crippen molar-refractivity contribution in [2.45, 2.75) is 57.1 Å². The van der Waals surface area contributed by atoms with Gasteiger partial charge < -0.3 is 15.0 Å². The zero-order chi connectivity index (χ0) is 31.2. The van der Waals surface area contributed by atoms with E-state index in [1.54, 1.807) is 49.4 Å². The van der Waals surface area contributed by atoms with Gasteiger partial charge >= 0.3 is 0 Å². The summed E-state index contributed by atoms with van der Waals surface area (Å²) in [5.41, 5.74) is 0.112. The summed E-state index contributed by atoms with van der Waals surface area (Å²) >= 11 is 18.6. The molecule has 0 saturated heterocycles. The summed E-state index contributed by atoms with van der Waals surface area (Å²) in [6, 6.07) is 16.2. The van der Waals surface area contributed by atoms with Crippen molar-refractivity contribution in [1.82, 2.24) is 10.2 Å². The second-order valence-electron chi connectivity index (χ2n) is 10.6. The van der Waals surface area contributed by atoms with Crippen LogP contribution in [-0.2, 0) is 26.2 Å². The molecule has 3 rings (SSSR count). The van der Waals surface area contributed by atoms with Crippen LogP contribution in [0.1, 0.15) is 39.7 Å². The van der Waals surface area contributed by atoms with Gasteiger partial charge in [0.1, 0.15) is 18.3 Å². The maximum atomic E-state index is 14.2. The quantitative estimate of drug-likeness (QED) is 0.252. The SMILES string of the molecule is CC[C@@H](C(=O)NC(C)(C)C)N(Cc1ccc(Cl)c(Cl)c1)C(=O)CN(c1cc(Cl)ccc1OC)S(=O)(=O)c1ccccc1. The molecule has 1 N–H and O–H groups in total. The Bertz CT molecular complexity index is 1530. The largest absolute Gasteiger partial charge is 0.495 e. The normalized spacial score (nSPS) is 12.4. The van der Waals surface area contributed by atoms with E-state index in [1.807, 2.05) is 20.8 Å². The molecule has 0 bridgehead atoms. The highest BCUT2D eigenvalue weighted by molar-refractivity contribution is 7.92. The molecular weight excluding hydrogens is 621 g/mol. The number of halogens is 3. The molecular formula is C30H34Cl3N3O5S. The highest BCUT2D eigenvalue weighted by Crippen LogP contribution is 2.35. The second kappa shape index (κ2) is 14.0. The number of rotatable bonds is 11. The lowest BCUT2D eigenvalue weighted by molar-refractivity contribution is -0.141. The van der Waals surface area contributed by atoms with Crippen LogP contribution in [0.3, 0.4) is 0 Å². The molecule has 3 aromatic rings. The summed E-state index contributed by atoms with van der Waals surface area (Å²) in [6.07, 6.45) is 0.265. The molecule has 0 aliphatic rings. The molecule has 0 unspecified atom stereocenters. The van der Waals surface area contributed by atoms with Gasteiger partial charge in [0.25, 0.3) is 10.0 Å². The van der Waals surface area contributed by atoms with Crippen LogP contribution in [0.5, 0.6) is 5.75 Å². The number of carbonyl (C=O) groups is 2. The van der Waals surface area contributed by atoms with Crippen LogP contribution >= 0.6 is 34.8 Å². The fraction of sp³-hybridized carbons (Fsp3) is 0.333. The van der Waals surface area contributed by atoms with E-state index in [-0.39, 0.29) is 45.3 Å². The highest BCUT2D eigenvalue weighted by Gasteiger charge is 2.35. The Kier molecular flexibility index (Phi) is 11.2. The number of amides is 2. The summed E-state index contributed by atoms with van der Waals surface area (Å²) < 4.78 is 34.4. The van der Waals surface area contributed by atoms with E-state index in [0.29, 0.717) is 10.6 Å². The lowest BCUT2D eigenvalue weighted by Crippen LogP contribution is -2.55. The van der Waals surface area contributed by atoms with Gasteiger partial charge in [-0.3, -0.25) is 13.9 Å². The molecule has 3 aromatic carbocycles. The highest BCUT2D eigenvalue weighted by atomic mass is 35.5. The van der Waals surface area contributed by atoms with Gasteiger partial charge in [-0.25, -0.2) is 8.42 Å². The predicted octanol–water partition coefficient (Wildman–Crippen LogP) is 6.57. The molecule has 0 aliphatic heterocycles. The van der Waals surface area contributed by atoms with Crippen LogP contribution < -0.4 is 14.4 Å². The van der Waals surface area contributed by atoms with E-state index in [0.717, 1.165) is 4.31 Å². The van der Waals surface area contributed by atoms with Crippen molar-refractivity contribution in [3.8, 4) is 5.75 Å². The molecule has 0 heterocycles. The number of carbonyl (C=O) groups excluding carboxylic acids is 2. The summed E-state index contributed by atoms with van der Waals surface area (Å²) in [4.78, 5) is 29.0. The van der Waals surface area contributed by atoms with Crippen LogP contribution in [0.25, 0.3) is 0 Å². The van der Waals surface area contributed by atoms with Gasteiger partial charge in [0.2, 0.25) is 11.8 Å². The van der Waals surface area contributed by atoms with Crippen LogP contribution in [0.4, 0.5) is 5.69 Å². The second-order valence-corrected chi connectivity index (χ2v) is 13.7. The number of benzene rings is 3. The number of sulfonamides is 1. The molecule has 0 aliphatic carbocycles. The molecule has 1 atom stereocenters. The number of anilines is 1. The number of hydrogen-bond acceptors (Lipinski definition) is 5. The molecule has 0 spiro atoms. The van der Waals surface area contributed by atoms with Gasteiger partial charge in [0.15, 0.2) is 0 Å². The van der Waals surface area contributed by atoms with E-state index in [2.05, 4.69) is 5.32 Å². The Morgan fingerprint density at radius 3 is 2.19 bits per heavy atom. The number of nitrogens with zero attached hydrogens (tertiary/aromatic N) is 2. The molecule has 42 heavy (non-hydrogen) atoms. The van der Waals surface area contributed by atoms with Gasteiger partial charge in [0.05, 0.1) is 27.7 Å². The standard InChI is InChI=1S/C30H34Cl3N3O5S/c1-6-25(29(38)34-30(2,3)4)35(18-20-12-14-23(32)24(33)16-20)28(37)19-36(26-17-21(31)13-15-27(26)41-5)42(39,40)22-10-8-7-9-11-22/h7-17,25H,6,18-19H2,1-5H3,(H,34,38)/t25-/m0/s1. The van der Waals surface area contributed by atoms with Crippen LogP contribution in [0.2, 0.25) is 15.1 Å². The maximum absolute atomic E-state index is 14.2. The number of methoxy groups -OCH3 is 1. The van der Waals surface area contributed by atoms with Crippen LogP contribution in [0, 0.1) is 0 Å². The van der Waals surface area contributed by atoms with E-state index < -0.39 is 34.1 Å². The summed E-state index contributed by atoms with van der Waals surface area (Å²) in [5.74, 6) is -0.810. The molecule has 8 nitrogen and oxygen atoms in total. The third-order valence-electron chi connectivity index (χ3n) is 6.24. The van der Waals surface area contributed by atoms with Crippen molar-refractivity contribution in [3.05, 3.63) is 87.4 Å². The first-order valence-corrected chi connectivity index (χ1v) is 15.7. The topological polar surface area (TPSA) is 96.0 Å². The van der Waals surface area contributed by atoms with Crippen LogP contribution in [-0.4, -0.2) is 50.4 Å². The first-order valence-electron chi connectivity index (χ1n) is 13.1. The molecule has 2 amide bonds. The van der Waals surface area contributed by atoms with Gasteiger partial charge in [-0.05, 0) is 75.2 Å². The Morgan fingerprint density at radius 1 is 0.952 bits per heavy atom. The monoisotopic (exact) mass is 653 g/mol. The Balaban J connectivity index is 2.14. The number of hydrogen-bond donors (Lipinski definition) is 1. The Hall–Kier alpha value is -2.98. The third kappa shape index (κ3) is 8.31. The Labute approximate surface area is 262 Å².